The molecule has 136 valence electrons. The van der Waals surface area contributed by atoms with Crippen LogP contribution >= 0.6 is 0 Å². The van der Waals surface area contributed by atoms with Gasteiger partial charge in [-0.3, -0.25) is 0 Å². The molecule has 2 aromatic heterocycles. The molecule has 0 aliphatic heterocycles. The Labute approximate surface area is 155 Å². The van der Waals surface area contributed by atoms with Gasteiger partial charge < -0.3 is 10.1 Å². The normalized spacial score (nSPS) is 12.1. The number of fused-ring (bicyclic) bond motifs is 1. The number of para-hydroxylation sites is 1. The standard InChI is InChI=1S/C20H18FN5O/c1-14-11-19(26-20(24-14)22-13-23-26)25-17(15-7-3-2-4-8-15)12-27-18-10-6-5-9-16(18)21/h2-11,13,17,25H,12H2,1H3. The van der Waals surface area contributed by atoms with E-state index in [9.17, 15) is 4.39 Å². The molecule has 0 bridgehead atoms. The van der Waals surface area contributed by atoms with E-state index in [0.717, 1.165) is 17.1 Å². The molecular weight excluding hydrogens is 345 g/mol. The lowest BCUT2D eigenvalue weighted by Gasteiger charge is -2.21. The second-order valence-electron chi connectivity index (χ2n) is 6.10. The lowest BCUT2D eigenvalue weighted by molar-refractivity contribution is 0.284. The van der Waals surface area contributed by atoms with Crippen molar-refractivity contribution in [3.8, 4) is 5.75 Å². The number of hydrogen-bond acceptors (Lipinski definition) is 5. The van der Waals surface area contributed by atoms with Crippen LogP contribution in [0.25, 0.3) is 5.78 Å². The van der Waals surface area contributed by atoms with Crippen LogP contribution in [0, 0.1) is 12.7 Å². The summed E-state index contributed by atoms with van der Waals surface area (Å²) in [5.74, 6) is 1.08. The molecule has 2 heterocycles. The highest BCUT2D eigenvalue weighted by atomic mass is 19.1. The first kappa shape index (κ1) is 17.0. The molecule has 27 heavy (non-hydrogen) atoms. The highest BCUT2D eigenvalue weighted by Gasteiger charge is 2.16. The summed E-state index contributed by atoms with van der Waals surface area (Å²) in [6, 6.07) is 17.9. The molecule has 1 N–H and O–H groups in total. The van der Waals surface area contributed by atoms with Crippen molar-refractivity contribution in [2.75, 3.05) is 11.9 Å². The second kappa shape index (κ2) is 7.41. The van der Waals surface area contributed by atoms with Gasteiger partial charge in [-0.2, -0.15) is 14.6 Å². The van der Waals surface area contributed by atoms with Crippen molar-refractivity contribution in [2.45, 2.75) is 13.0 Å². The van der Waals surface area contributed by atoms with E-state index in [1.807, 2.05) is 43.3 Å². The van der Waals surface area contributed by atoms with Crippen LogP contribution < -0.4 is 10.1 Å². The van der Waals surface area contributed by atoms with E-state index in [1.54, 1.807) is 22.7 Å². The zero-order valence-electron chi connectivity index (χ0n) is 14.7. The Kier molecular flexibility index (Phi) is 4.65. The summed E-state index contributed by atoms with van der Waals surface area (Å²) in [6.07, 6.45) is 1.46. The molecular formula is C20H18FN5O. The molecule has 0 amide bonds. The van der Waals surface area contributed by atoms with Gasteiger partial charge in [0, 0.05) is 11.8 Å². The van der Waals surface area contributed by atoms with Crippen LogP contribution in [0.3, 0.4) is 0 Å². The molecule has 0 aliphatic carbocycles. The predicted molar refractivity (Wildman–Crippen MR) is 100 cm³/mol. The number of aromatic nitrogens is 4. The van der Waals surface area contributed by atoms with E-state index >= 15 is 0 Å². The fourth-order valence-electron chi connectivity index (χ4n) is 2.85. The molecule has 7 heteroatoms. The third-order valence-electron chi connectivity index (χ3n) is 4.15. The quantitative estimate of drug-likeness (QED) is 0.564. The van der Waals surface area contributed by atoms with Gasteiger partial charge >= 0.3 is 0 Å². The third kappa shape index (κ3) is 3.72. The van der Waals surface area contributed by atoms with Crippen molar-refractivity contribution in [1.29, 1.82) is 0 Å². The van der Waals surface area contributed by atoms with E-state index in [0.29, 0.717) is 5.78 Å². The maximum atomic E-state index is 13.9. The Morgan fingerprint density at radius 1 is 1.11 bits per heavy atom. The molecule has 6 nitrogen and oxygen atoms in total. The first-order valence-corrected chi connectivity index (χ1v) is 8.57. The highest BCUT2D eigenvalue weighted by molar-refractivity contribution is 5.46. The Morgan fingerprint density at radius 2 is 1.89 bits per heavy atom. The van der Waals surface area contributed by atoms with Crippen molar-refractivity contribution < 1.29 is 9.13 Å². The van der Waals surface area contributed by atoms with Crippen LogP contribution in [0.5, 0.6) is 5.75 Å². The molecule has 1 unspecified atom stereocenters. The second-order valence-corrected chi connectivity index (χ2v) is 6.10. The summed E-state index contributed by atoms with van der Waals surface area (Å²) in [5, 5.41) is 7.65. The minimum absolute atomic E-state index is 0.219. The van der Waals surface area contributed by atoms with E-state index in [1.165, 1.54) is 12.4 Å². The topological polar surface area (TPSA) is 64.3 Å². The van der Waals surface area contributed by atoms with Crippen LogP contribution in [-0.2, 0) is 0 Å². The number of aryl methyl sites for hydroxylation is 1. The van der Waals surface area contributed by atoms with Crippen molar-refractivity contribution in [2.24, 2.45) is 0 Å². The summed E-state index contributed by atoms with van der Waals surface area (Å²) in [7, 11) is 0. The van der Waals surface area contributed by atoms with Crippen LogP contribution in [0.15, 0.2) is 67.0 Å². The van der Waals surface area contributed by atoms with E-state index < -0.39 is 0 Å². The highest BCUT2D eigenvalue weighted by Crippen LogP contribution is 2.23. The fourth-order valence-corrected chi connectivity index (χ4v) is 2.85. The van der Waals surface area contributed by atoms with Gasteiger partial charge in [0.15, 0.2) is 11.6 Å². The summed E-state index contributed by atoms with van der Waals surface area (Å²) >= 11 is 0. The Hall–Kier alpha value is -3.48. The van der Waals surface area contributed by atoms with Crippen molar-refractivity contribution in [3.05, 3.63) is 84.1 Å². The molecule has 4 rings (SSSR count). The Bertz CT molecular complexity index is 1050. The molecule has 0 radical (unpaired) electrons. The minimum atomic E-state index is -0.386. The van der Waals surface area contributed by atoms with E-state index in [4.69, 9.17) is 4.74 Å². The molecule has 0 spiro atoms. The van der Waals surface area contributed by atoms with Gasteiger partial charge in [0.2, 0.25) is 0 Å². The lowest BCUT2D eigenvalue weighted by atomic mass is 10.1. The summed E-state index contributed by atoms with van der Waals surface area (Å²) in [4.78, 5) is 8.50. The van der Waals surface area contributed by atoms with Gasteiger partial charge in [-0.15, -0.1) is 0 Å². The smallest absolute Gasteiger partial charge is 0.254 e. The lowest BCUT2D eigenvalue weighted by Crippen LogP contribution is -2.21. The fraction of sp³-hybridized carbons (Fsp3) is 0.150. The maximum absolute atomic E-state index is 13.9. The minimum Gasteiger partial charge on any atom is -0.488 e. The molecule has 0 saturated carbocycles. The number of hydrogen-bond donors (Lipinski definition) is 1. The first-order chi connectivity index (χ1) is 13.2. The third-order valence-corrected chi connectivity index (χ3v) is 4.15. The number of anilines is 1. The number of nitrogens with one attached hydrogen (secondary N) is 1. The monoisotopic (exact) mass is 363 g/mol. The number of nitrogens with zero attached hydrogens (tertiary/aromatic N) is 4. The molecule has 4 aromatic rings. The molecule has 0 fully saturated rings. The Balaban J connectivity index is 1.64. The zero-order valence-corrected chi connectivity index (χ0v) is 14.7. The van der Waals surface area contributed by atoms with Gasteiger partial charge in [-0.05, 0) is 24.6 Å². The van der Waals surface area contributed by atoms with Crippen LogP contribution in [0.2, 0.25) is 0 Å². The zero-order chi connectivity index (χ0) is 18.6. The molecule has 2 aromatic carbocycles. The van der Waals surface area contributed by atoms with Gasteiger partial charge in [0.05, 0.1) is 6.04 Å². The van der Waals surface area contributed by atoms with Crippen molar-refractivity contribution in [3.63, 3.8) is 0 Å². The SMILES string of the molecule is Cc1cc(NC(COc2ccccc2F)c2ccccc2)n2ncnc2n1. The number of ether oxygens (including phenoxy) is 1. The number of benzene rings is 2. The molecule has 0 aliphatic rings. The molecule has 0 saturated heterocycles. The van der Waals surface area contributed by atoms with Gasteiger partial charge in [0.25, 0.3) is 5.78 Å². The van der Waals surface area contributed by atoms with Crippen molar-refractivity contribution >= 4 is 11.6 Å². The Morgan fingerprint density at radius 3 is 2.70 bits per heavy atom. The predicted octanol–water partition coefficient (Wildman–Crippen LogP) is 3.80. The summed E-state index contributed by atoms with van der Waals surface area (Å²) < 4.78 is 21.3. The average Bonchev–Trinajstić information content (AvgIpc) is 3.15. The van der Waals surface area contributed by atoms with Crippen LogP contribution in [0.1, 0.15) is 17.3 Å². The van der Waals surface area contributed by atoms with Crippen LogP contribution in [0.4, 0.5) is 10.2 Å². The largest absolute Gasteiger partial charge is 0.488 e. The average molecular weight is 363 g/mol. The van der Waals surface area contributed by atoms with Crippen LogP contribution in [-0.4, -0.2) is 26.2 Å². The summed E-state index contributed by atoms with van der Waals surface area (Å²) in [6.45, 7) is 2.13. The maximum Gasteiger partial charge on any atom is 0.254 e. The summed E-state index contributed by atoms with van der Waals surface area (Å²) in [5.41, 5.74) is 1.83. The molecule has 1 atom stereocenters. The number of rotatable bonds is 6. The van der Waals surface area contributed by atoms with E-state index in [-0.39, 0.29) is 24.2 Å². The van der Waals surface area contributed by atoms with Gasteiger partial charge in [0.1, 0.15) is 18.8 Å². The van der Waals surface area contributed by atoms with E-state index in [2.05, 4.69) is 20.4 Å². The van der Waals surface area contributed by atoms with Crippen molar-refractivity contribution in [1.82, 2.24) is 19.6 Å². The number of halogens is 1. The first-order valence-electron chi connectivity index (χ1n) is 8.57. The van der Waals surface area contributed by atoms with Gasteiger partial charge in [-0.25, -0.2) is 9.37 Å². The van der Waals surface area contributed by atoms with Gasteiger partial charge in [-0.1, -0.05) is 42.5 Å².